The maximum absolute atomic E-state index is 11.5. The van der Waals surface area contributed by atoms with Crippen molar-refractivity contribution < 1.29 is 19.0 Å². The molecule has 0 spiro atoms. The van der Waals surface area contributed by atoms with Crippen molar-refractivity contribution in [1.82, 2.24) is 35.9 Å². The minimum atomic E-state index is 0.0860. The highest BCUT2D eigenvalue weighted by molar-refractivity contribution is 6.39. The van der Waals surface area contributed by atoms with E-state index in [-0.39, 0.29) is 18.1 Å². The summed E-state index contributed by atoms with van der Waals surface area (Å²) in [5.74, 6) is 0.913. The van der Waals surface area contributed by atoms with Crippen LogP contribution in [0.3, 0.4) is 0 Å². The van der Waals surface area contributed by atoms with Crippen molar-refractivity contribution in [3.8, 4) is 45.4 Å². The fraction of sp³-hybridized carbons (Fsp3) is 0.400. The first-order valence-electron chi connectivity index (χ1n) is 16.2. The van der Waals surface area contributed by atoms with Crippen LogP contribution < -0.4 is 25.4 Å². The Labute approximate surface area is 290 Å². The van der Waals surface area contributed by atoms with Gasteiger partial charge >= 0.3 is 0 Å². The van der Waals surface area contributed by atoms with Gasteiger partial charge in [-0.2, -0.15) is 0 Å². The van der Waals surface area contributed by atoms with Gasteiger partial charge in [0.2, 0.25) is 17.7 Å². The highest BCUT2D eigenvalue weighted by Crippen LogP contribution is 2.42. The second-order valence-electron chi connectivity index (χ2n) is 11.8. The molecule has 2 atom stereocenters. The first-order valence-corrected chi connectivity index (χ1v) is 16.9. The quantitative estimate of drug-likeness (QED) is 0.162. The molecule has 1 amide bonds. The molecule has 6 rings (SSSR count). The van der Waals surface area contributed by atoms with Gasteiger partial charge < -0.3 is 30.2 Å². The van der Waals surface area contributed by atoms with Crippen molar-refractivity contribution >= 4 is 29.1 Å². The van der Waals surface area contributed by atoms with Crippen molar-refractivity contribution in [3.63, 3.8) is 0 Å². The number of hydrogen-bond donors (Lipinski definition) is 3. The van der Waals surface area contributed by atoms with Crippen LogP contribution in [0.5, 0.6) is 11.8 Å². The molecule has 2 unspecified atom stereocenters. The van der Waals surface area contributed by atoms with E-state index >= 15 is 0 Å². The van der Waals surface area contributed by atoms with Crippen LogP contribution in [-0.2, 0) is 22.6 Å². The number of rotatable bonds is 13. The molecule has 0 saturated carbocycles. The maximum Gasteiger partial charge on any atom is 0.237 e. The highest BCUT2D eigenvalue weighted by atomic mass is 35.5. The van der Waals surface area contributed by atoms with Crippen molar-refractivity contribution in [3.05, 3.63) is 70.2 Å². The lowest BCUT2D eigenvalue weighted by atomic mass is 9.98. The summed E-state index contributed by atoms with van der Waals surface area (Å²) in [6.45, 7) is 3.17. The van der Waals surface area contributed by atoms with E-state index < -0.39 is 0 Å². The summed E-state index contributed by atoms with van der Waals surface area (Å²) in [6, 6.07) is 11.5. The van der Waals surface area contributed by atoms with E-state index in [0.717, 1.165) is 43.5 Å². The smallest absolute Gasteiger partial charge is 0.237 e. The van der Waals surface area contributed by atoms with E-state index in [1.807, 2.05) is 36.4 Å². The van der Waals surface area contributed by atoms with E-state index in [1.165, 1.54) is 6.42 Å². The molecule has 4 heterocycles. The zero-order valence-corrected chi connectivity index (χ0v) is 28.5. The third kappa shape index (κ3) is 7.88. The molecule has 2 aliphatic heterocycles. The largest absolute Gasteiger partial charge is 0.480 e. The van der Waals surface area contributed by atoms with E-state index in [9.17, 15) is 4.79 Å². The molecule has 4 aromatic rings. The molecule has 252 valence electrons. The third-order valence-electron chi connectivity index (χ3n) is 8.56. The number of benzene rings is 2. The summed E-state index contributed by atoms with van der Waals surface area (Å²) < 4.78 is 17.0. The van der Waals surface area contributed by atoms with Crippen LogP contribution in [0.4, 0.5) is 0 Å². The number of halogens is 2. The molecule has 2 aromatic carbocycles. The standard InChI is InChI=1S/C35H39Cl2N7O4/c1-46-34-29(17-38-15-21-12-13-31(45)42-21)40-19-27(43-34)25-10-5-8-23(32(25)36)24-9-6-11-26(33(24)37)28-20-41-30(35(44-28)47-2)18-39-16-22-7-3-4-14-48-22/h5-6,8-11,19-22,38-39H,3-4,7,12-18H2,1-2H3,(H,42,45). The van der Waals surface area contributed by atoms with Gasteiger partial charge in [0.1, 0.15) is 11.4 Å². The van der Waals surface area contributed by atoms with Gasteiger partial charge in [-0.05, 0) is 25.7 Å². The fourth-order valence-electron chi connectivity index (χ4n) is 6.01. The molecular weight excluding hydrogens is 653 g/mol. The van der Waals surface area contributed by atoms with Gasteiger partial charge in [-0.3, -0.25) is 14.8 Å². The SMILES string of the molecule is COc1nc(-c2cccc(-c3cccc(-c4cnc(CNCC5CCCCO5)c(OC)n4)c3Cl)c2Cl)cnc1CNCC1CCC(=O)N1. The summed E-state index contributed by atoms with van der Waals surface area (Å²) >= 11 is 14.1. The van der Waals surface area contributed by atoms with Crippen molar-refractivity contribution in [1.29, 1.82) is 0 Å². The molecule has 3 N–H and O–H groups in total. The Morgan fingerprint density at radius 3 is 1.88 bits per heavy atom. The maximum atomic E-state index is 11.5. The number of amides is 1. The number of ether oxygens (including phenoxy) is 3. The van der Waals surface area contributed by atoms with Crippen LogP contribution in [0.2, 0.25) is 10.0 Å². The van der Waals surface area contributed by atoms with Crippen molar-refractivity contribution in [2.45, 2.75) is 57.3 Å². The molecule has 48 heavy (non-hydrogen) atoms. The zero-order valence-electron chi connectivity index (χ0n) is 27.0. The Balaban J connectivity index is 1.20. The summed E-state index contributed by atoms with van der Waals surface area (Å²) in [7, 11) is 3.15. The van der Waals surface area contributed by atoms with E-state index in [0.29, 0.717) is 81.8 Å². The lowest BCUT2D eigenvalue weighted by molar-refractivity contribution is -0.119. The first-order chi connectivity index (χ1) is 23.4. The van der Waals surface area contributed by atoms with E-state index in [4.69, 9.17) is 47.4 Å². The number of hydrogen-bond acceptors (Lipinski definition) is 10. The van der Waals surface area contributed by atoms with Crippen LogP contribution in [0.25, 0.3) is 33.6 Å². The van der Waals surface area contributed by atoms with Gasteiger partial charge in [0, 0.05) is 67.5 Å². The highest BCUT2D eigenvalue weighted by Gasteiger charge is 2.22. The summed E-state index contributed by atoms with van der Waals surface area (Å²) in [4.78, 5) is 30.3. The Morgan fingerprint density at radius 1 is 0.812 bits per heavy atom. The summed E-state index contributed by atoms with van der Waals surface area (Å²) in [5.41, 5.74) is 5.37. The topological polar surface area (TPSA) is 132 Å². The molecule has 2 fully saturated rings. The monoisotopic (exact) mass is 691 g/mol. The number of nitrogens with one attached hydrogen (secondary N) is 3. The lowest BCUT2D eigenvalue weighted by Gasteiger charge is -2.22. The number of nitrogens with zero attached hydrogens (tertiary/aromatic N) is 4. The molecule has 11 nitrogen and oxygen atoms in total. The Bertz CT molecular complexity index is 1750. The average Bonchev–Trinajstić information content (AvgIpc) is 3.54. The number of aromatic nitrogens is 4. The van der Waals surface area contributed by atoms with Crippen LogP contribution in [0.15, 0.2) is 48.8 Å². The van der Waals surface area contributed by atoms with E-state index in [1.54, 1.807) is 26.6 Å². The number of carbonyl (C=O) groups excluding carboxylic acids is 1. The second kappa shape index (κ2) is 16.0. The average molecular weight is 693 g/mol. The summed E-state index contributed by atoms with van der Waals surface area (Å²) in [5, 5.41) is 10.7. The van der Waals surface area contributed by atoms with Crippen molar-refractivity contribution in [2.24, 2.45) is 0 Å². The minimum absolute atomic E-state index is 0.0860. The zero-order chi connectivity index (χ0) is 33.5. The van der Waals surface area contributed by atoms with Crippen LogP contribution in [0, 0.1) is 0 Å². The predicted octanol–water partition coefficient (Wildman–Crippen LogP) is 5.62. The molecule has 2 saturated heterocycles. The van der Waals surface area contributed by atoms with Gasteiger partial charge in [-0.1, -0.05) is 59.6 Å². The third-order valence-corrected chi connectivity index (χ3v) is 9.37. The Hall–Kier alpha value is -3.87. The molecule has 2 aromatic heterocycles. The predicted molar refractivity (Wildman–Crippen MR) is 185 cm³/mol. The van der Waals surface area contributed by atoms with Gasteiger partial charge in [-0.25, -0.2) is 9.97 Å². The van der Waals surface area contributed by atoms with Crippen LogP contribution >= 0.6 is 23.2 Å². The van der Waals surface area contributed by atoms with Gasteiger partial charge in [-0.15, -0.1) is 0 Å². The normalized spacial score (nSPS) is 17.7. The minimum Gasteiger partial charge on any atom is -0.480 e. The second-order valence-corrected chi connectivity index (χ2v) is 12.6. The Kier molecular flexibility index (Phi) is 11.3. The van der Waals surface area contributed by atoms with E-state index in [2.05, 4.69) is 25.9 Å². The first kappa shape index (κ1) is 34.0. The van der Waals surface area contributed by atoms with Gasteiger partial charge in [0.15, 0.2) is 0 Å². The van der Waals surface area contributed by atoms with Gasteiger partial charge in [0.25, 0.3) is 0 Å². The fourth-order valence-corrected chi connectivity index (χ4v) is 6.66. The summed E-state index contributed by atoms with van der Waals surface area (Å²) in [6.07, 6.45) is 8.37. The molecule has 0 aliphatic carbocycles. The van der Waals surface area contributed by atoms with Crippen LogP contribution in [-0.4, -0.2) is 71.9 Å². The van der Waals surface area contributed by atoms with Gasteiger partial charge in [0.05, 0.1) is 54.2 Å². The van der Waals surface area contributed by atoms with Crippen molar-refractivity contribution in [2.75, 3.05) is 33.9 Å². The molecular formula is C35H39Cl2N7O4. The lowest BCUT2D eigenvalue weighted by Crippen LogP contribution is -2.35. The molecule has 0 bridgehead atoms. The molecule has 13 heteroatoms. The molecule has 2 aliphatic rings. The Morgan fingerprint density at radius 2 is 1.38 bits per heavy atom. The van der Waals surface area contributed by atoms with Crippen LogP contribution in [0.1, 0.15) is 43.5 Å². The number of methoxy groups -OCH3 is 2. The molecule has 0 radical (unpaired) electrons. The number of carbonyl (C=O) groups is 1.